The highest BCUT2D eigenvalue weighted by Gasteiger charge is 2.44. The summed E-state index contributed by atoms with van der Waals surface area (Å²) in [5, 5.41) is 6.87. The molecule has 0 spiro atoms. The summed E-state index contributed by atoms with van der Waals surface area (Å²) in [4.78, 5) is 38.7. The third kappa shape index (κ3) is 6.19. The second-order valence-electron chi connectivity index (χ2n) is 13.1. The van der Waals surface area contributed by atoms with Crippen LogP contribution >= 0.6 is 25.7 Å². The Morgan fingerprint density at radius 1 is 0.907 bits per heavy atom. The van der Waals surface area contributed by atoms with E-state index >= 15 is 0 Å². The van der Waals surface area contributed by atoms with Gasteiger partial charge in [0.2, 0.25) is 0 Å². The minimum atomic E-state index is -0.311. The van der Waals surface area contributed by atoms with Crippen LogP contribution in [-0.4, -0.2) is 84.6 Å². The average Bonchev–Trinajstić information content (AvgIpc) is 3.80. The number of fused-ring (bicyclic) bond motifs is 1. The Bertz CT molecular complexity index is 1470. The number of hydrogen-bond donors (Lipinski definition) is 3. The first-order valence-electron chi connectivity index (χ1n) is 15.9. The van der Waals surface area contributed by atoms with Gasteiger partial charge in [0, 0.05) is 36.9 Å². The summed E-state index contributed by atoms with van der Waals surface area (Å²) < 4.78 is 4.22. The van der Waals surface area contributed by atoms with Gasteiger partial charge >= 0.3 is 5.69 Å². The maximum atomic E-state index is 12.9. The molecule has 13 heteroatoms. The lowest BCUT2D eigenvalue weighted by molar-refractivity contribution is 0.248. The van der Waals surface area contributed by atoms with Crippen molar-refractivity contribution in [3.8, 4) is 0 Å². The molecule has 5 aliphatic rings. The molecule has 3 N–H and O–H groups in total. The van der Waals surface area contributed by atoms with Gasteiger partial charge in [-0.15, -0.1) is 25.7 Å². The van der Waals surface area contributed by atoms with Crippen molar-refractivity contribution in [2.24, 2.45) is 10.9 Å². The van der Waals surface area contributed by atoms with Gasteiger partial charge in [-0.05, 0) is 85.6 Å². The van der Waals surface area contributed by atoms with Crippen molar-refractivity contribution in [3.05, 3.63) is 57.4 Å². The van der Waals surface area contributed by atoms with Crippen LogP contribution in [0.2, 0.25) is 0 Å². The fraction of sp³-hybridized carbons (Fsp3) is 0.667. The van der Waals surface area contributed by atoms with Crippen LogP contribution in [-0.2, 0) is 6.54 Å². The first-order chi connectivity index (χ1) is 21.0. The third-order valence-corrected chi connectivity index (χ3v) is 17.0. The highest BCUT2D eigenvalue weighted by Crippen LogP contribution is 2.58. The molecule has 7 rings (SSSR count). The van der Waals surface area contributed by atoms with E-state index in [4.69, 9.17) is 0 Å². The fourth-order valence-corrected chi connectivity index (χ4v) is 15.0. The Balaban J connectivity index is 1.09. The third-order valence-electron chi connectivity index (χ3n) is 10.5. The Hall–Kier alpha value is -1.85. The maximum absolute atomic E-state index is 12.9. The van der Waals surface area contributed by atoms with Gasteiger partial charge in [0.25, 0.3) is 5.56 Å². The van der Waals surface area contributed by atoms with E-state index in [-0.39, 0.29) is 17.3 Å². The molecule has 2 aromatic heterocycles. The van der Waals surface area contributed by atoms with Gasteiger partial charge < -0.3 is 14.8 Å². The number of aromatic amines is 1. The van der Waals surface area contributed by atoms with Gasteiger partial charge in [0.1, 0.15) is 11.5 Å². The van der Waals surface area contributed by atoms with E-state index in [1.807, 2.05) is 17.2 Å². The number of hydrogen-bond acceptors (Lipinski definition) is 7. The predicted molar refractivity (Wildman–Crippen MR) is 182 cm³/mol. The first kappa shape index (κ1) is 29.8. The predicted octanol–water partition coefficient (Wildman–Crippen LogP) is 3.74. The number of anilines is 1. The SMILES string of the molecule is CPC1CC(n2cnc3c2NC=NC3)CC1PC1CC(n2ccc(=O)[nH]c2=O)CC1PC1CC(N2C=CCNC2)C[C@@H]1C. The lowest BCUT2D eigenvalue weighted by Gasteiger charge is -2.31. The summed E-state index contributed by atoms with van der Waals surface area (Å²) in [6, 6.07) is 2.78. The zero-order valence-electron chi connectivity index (χ0n) is 25.1. The van der Waals surface area contributed by atoms with Crippen LogP contribution < -0.4 is 21.9 Å². The average molecular weight is 643 g/mol. The van der Waals surface area contributed by atoms with Crippen LogP contribution in [0.3, 0.4) is 0 Å². The van der Waals surface area contributed by atoms with Crippen LogP contribution in [0.5, 0.6) is 0 Å². The molecule has 11 unspecified atom stereocenters. The van der Waals surface area contributed by atoms with Crippen LogP contribution in [0.25, 0.3) is 0 Å². The van der Waals surface area contributed by atoms with E-state index in [9.17, 15) is 9.59 Å². The minimum absolute atomic E-state index is 0.171. The molecule has 0 bridgehead atoms. The van der Waals surface area contributed by atoms with Gasteiger partial charge in [0.15, 0.2) is 0 Å². The molecule has 0 saturated heterocycles. The van der Waals surface area contributed by atoms with E-state index < -0.39 is 0 Å². The number of aromatic nitrogens is 4. The molecule has 4 heterocycles. The molecule has 2 aromatic rings. The molecular weight excluding hydrogens is 597 g/mol. The fourth-order valence-electron chi connectivity index (χ4n) is 8.29. The molecule has 0 radical (unpaired) electrons. The number of nitrogens with zero attached hydrogens (tertiary/aromatic N) is 5. The lowest BCUT2D eigenvalue weighted by Crippen LogP contribution is -2.40. The number of nitrogens with one attached hydrogen (secondary N) is 3. The summed E-state index contributed by atoms with van der Waals surface area (Å²) in [5.74, 6) is 1.85. The van der Waals surface area contributed by atoms with E-state index in [2.05, 4.69) is 60.9 Å². The molecule has 3 fully saturated rings. The smallest absolute Gasteiger partial charge is 0.328 e. The lowest BCUT2D eigenvalue weighted by atomic mass is 10.1. The van der Waals surface area contributed by atoms with Crippen molar-refractivity contribution in [2.75, 3.05) is 25.2 Å². The molecule has 10 nitrogen and oxygen atoms in total. The molecule has 0 amide bonds. The van der Waals surface area contributed by atoms with Gasteiger partial charge in [0.05, 0.1) is 25.9 Å². The summed E-state index contributed by atoms with van der Waals surface area (Å²) in [7, 11) is 2.77. The van der Waals surface area contributed by atoms with E-state index in [0.717, 1.165) is 80.5 Å². The molecule has 3 saturated carbocycles. The molecule has 0 aromatic carbocycles. The van der Waals surface area contributed by atoms with Crippen LogP contribution in [0.15, 0.2) is 45.4 Å². The highest BCUT2D eigenvalue weighted by molar-refractivity contribution is 7.46. The summed E-state index contributed by atoms with van der Waals surface area (Å²) in [6.07, 6.45) is 17.2. The minimum Gasteiger partial charge on any atom is -0.362 e. The highest BCUT2D eigenvalue weighted by atomic mass is 31.1. The standard InChI is InChI=1S/C30H45N8O2P3/c1-18-8-19(36-6-3-5-31-16-36)9-23(18)42-26-11-20(37-7-4-28(39)35-30(37)40)12-27(26)43-25-13-21(10-24(25)41-2)38-17-34-22-14-32-15-33-29(22)38/h3-4,6-7,15,17-21,23-27,31,41-43H,5,8-14,16H2,1-2H3,(H,32,33)(H,35,39,40)/t18-,19?,20?,21?,23?,24?,25?,26?,27?/m0/s1. The quantitative estimate of drug-likeness (QED) is 0.379. The monoisotopic (exact) mass is 642 g/mol. The number of H-pyrrole nitrogens is 1. The molecule has 3 aliphatic carbocycles. The summed E-state index contributed by atoms with van der Waals surface area (Å²) >= 11 is 0. The number of imidazole rings is 1. The van der Waals surface area contributed by atoms with Crippen LogP contribution in [0.1, 0.15) is 63.2 Å². The zero-order valence-corrected chi connectivity index (χ0v) is 28.1. The topological polar surface area (TPSA) is 112 Å². The second kappa shape index (κ2) is 12.9. The number of rotatable bonds is 8. The normalized spacial score (nSPS) is 36.2. The Morgan fingerprint density at radius 3 is 2.37 bits per heavy atom. The van der Waals surface area contributed by atoms with Gasteiger partial charge in [-0.3, -0.25) is 24.7 Å². The molecule has 232 valence electrons. The largest absolute Gasteiger partial charge is 0.362 e. The summed E-state index contributed by atoms with van der Waals surface area (Å²) in [5.41, 5.74) is 3.96. The molecular formula is C30H45N8O2P3. The van der Waals surface area contributed by atoms with Crippen molar-refractivity contribution in [1.29, 1.82) is 0 Å². The summed E-state index contributed by atoms with van der Waals surface area (Å²) in [6.45, 7) is 7.44. The Morgan fingerprint density at radius 2 is 1.63 bits per heavy atom. The van der Waals surface area contributed by atoms with E-state index in [1.54, 1.807) is 6.20 Å². The van der Waals surface area contributed by atoms with Crippen molar-refractivity contribution >= 4 is 37.9 Å². The van der Waals surface area contributed by atoms with E-state index in [1.165, 1.54) is 31.7 Å². The molecule has 2 aliphatic heterocycles. The van der Waals surface area contributed by atoms with Crippen molar-refractivity contribution < 1.29 is 0 Å². The van der Waals surface area contributed by atoms with Crippen LogP contribution in [0.4, 0.5) is 5.82 Å². The van der Waals surface area contributed by atoms with Gasteiger partial charge in [-0.25, -0.2) is 9.78 Å². The molecule has 12 atom stereocenters. The first-order valence-corrected chi connectivity index (χ1v) is 19.8. The maximum Gasteiger partial charge on any atom is 0.328 e. The van der Waals surface area contributed by atoms with Crippen molar-refractivity contribution in [1.82, 2.24) is 29.3 Å². The second-order valence-corrected chi connectivity index (χ2v) is 18.0. The van der Waals surface area contributed by atoms with Gasteiger partial charge in [-0.2, -0.15) is 0 Å². The van der Waals surface area contributed by atoms with Gasteiger partial charge in [-0.1, -0.05) is 13.0 Å². The Kier molecular flexibility index (Phi) is 8.93. The molecule has 43 heavy (non-hydrogen) atoms. The van der Waals surface area contributed by atoms with E-state index in [0.29, 0.717) is 35.6 Å². The van der Waals surface area contributed by atoms with Crippen molar-refractivity contribution in [2.45, 2.75) is 98.4 Å². The van der Waals surface area contributed by atoms with Crippen LogP contribution in [0, 0.1) is 5.92 Å². The zero-order chi connectivity index (χ0) is 29.5. The Labute approximate surface area is 258 Å². The number of aliphatic imine (C=N–C) groups is 1. The van der Waals surface area contributed by atoms with Crippen molar-refractivity contribution in [3.63, 3.8) is 0 Å².